The number of hydrogen-bond donors (Lipinski definition) is 1. The molecular formula is C13H16ClNO2. The van der Waals surface area contributed by atoms with E-state index in [-0.39, 0.29) is 5.97 Å². The first kappa shape index (κ1) is 13.6. The van der Waals surface area contributed by atoms with E-state index in [1.165, 1.54) is 0 Å². The molecule has 3 nitrogen and oxygen atoms in total. The number of allylic oxidation sites excluding steroid dienone is 1. The van der Waals surface area contributed by atoms with E-state index in [2.05, 4.69) is 0 Å². The summed E-state index contributed by atoms with van der Waals surface area (Å²) in [6, 6.07) is 5.08. The van der Waals surface area contributed by atoms with Crippen molar-refractivity contribution in [2.75, 3.05) is 18.2 Å². The maximum Gasteiger partial charge on any atom is 0.338 e. The molecule has 0 aromatic heterocycles. The topological polar surface area (TPSA) is 52.3 Å². The van der Waals surface area contributed by atoms with Gasteiger partial charge in [0.15, 0.2) is 0 Å². The first-order valence-corrected chi connectivity index (χ1v) is 6.01. The summed E-state index contributed by atoms with van der Waals surface area (Å²) < 4.78 is 4.92. The van der Waals surface area contributed by atoms with Gasteiger partial charge in [0, 0.05) is 11.6 Å². The Hall–Kier alpha value is -1.48. The highest BCUT2D eigenvalue weighted by Crippen LogP contribution is 2.17. The average molecular weight is 254 g/mol. The van der Waals surface area contributed by atoms with Crippen LogP contribution >= 0.6 is 11.6 Å². The number of carbonyl (C=O) groups excluding carboxylic acids is 1. The fourth-order valence-electron chi connectivity index (χ4n) is 1.33. The molecule has 1 rings (SSSR count). The molecule has 92 valence electrons. The van der Waals surface area contributed by atoms with Gasteiger partial charge in [-0.2, -0.15) is 0 Å². The van der Waals surface area contributed by atoms with Crippen LogP contribution < -0.4 is 5.73 Å². The summed E-state index contributed by atoms with van der Waals surface area (Å²) in [7, 11) is 0. The van der Waals surface area contributed by atoms with Crippen LogP contribution in [0.2, 0.25) is 0 Å². The van der Waals surface area contributed by atoms with Crippen molar-refractivity contribution >= 4 is 29.3 Å². The predicted molar refractivity (Wildman–Crippen MR) is 71.2 cm³/mol. The Balaban J connectivity index is 2.90. The second-order valence-electron chi connectivity index (χ2n) is 3.44. The lowest BCUT2D eigenvalue weighted by molar-refractivity contribution is 0.0526. The van der Waals surface area contributed by atoms with Crippen molar-refractivity contribution in [1.82, 2.24) is 0 Å². The minimum absolute atomic E-state index is 0.334. The van der Waals surface area contributed by atoms with E-state index >= 15 is 0 Å². The lowest BCUT2D eigenvalue weighted by Crippen LogP contribution is -2.05. The number of carbonyl (C=O) groups is 1. The Morgan fingerprint density at radius 3 is 2.94 bits per heavy atom. The number of ether oxygens (including phenoxy) is 1. The molecule has 1 aromatic rings. The van der Waals surface area contributed by atoms with Crippen LogP contribution in [0.4, 0.5) is 5.69 Å². The maximum absolute atomic E-state index is 11.5. The molecule has 1 aromatic carbocycles. The van der Waals surface area contributed by atoms with Crippen molar-refractivity contribution in [3.8, 4) is 0 Å². The Labute approximate surface area is 106 Å². The summed E-state index contributed by atoms with van der Waals surface area (Å²) in [5.41, 5.74) is 7.75. The van der Waals surface area contributed by atoms with Crippen LogP contribution in [-0.4, -0.2) is 18.5 Å². The Kier molecular flexibility index (Phi) is 5.57. The number of esters is 1. The first-order valence-electron chi connectivity index (χ1n) is 5.48. The molecule has 0 atom stereocenters. The zero-order valence-corrected chi connectivity index (χ0v) is 10.5. The molecular weight excluding hydrogens is 238 g/mol. The number of rotatable bonds is 5. The molecule has 17 heavy (non-hydrogen) atoms. The van der Waals surface area contributed by atoms with Gasteiger partial charge in [-0.3, -0.25) is 0 Å². The maximum atomic E-state index is 11.5. The molecule has 0 saturated carbocycles. The Morgan fingerprint density at radius 2 is 2.29 bits per heavy atom. The van der Waals surface area contributed by atoms with E-state index in [1.54, 1.807) is 25.1 Å². The quantitative estimate of drug-likeness (QED) is 0.498. The zero-order chi connectivity index (χ0) is 12.7. The fourth-order valence-corrected chi connectivity index (χ4v) is 1.46. The number of hydrogen-bond acceptors (Lipinski definition) is 3. The van der Waals surface area contributed by atoms with E-state index in [4.69, 9.17) is 22.1 Å². The molecule has 4 heteroatoms. The summed E-state index contributed by atoms with van der Waals surface area (Å²) >= 11 is 5.57. The van der Waals surface area contributed by atoms with Crippen LogP contribution in [0.25, 0.3) is 6.08 Å². The summed E-state index contributed by atoms with van der Waals surface area (Å²) in [4.78, 5) is 11.5. The first-order chi connectivity index (χ1) is 8.19. The van der Waals surface area contributed by atoms with Crippen molar-refractivity contribution in [1.29, 1.82) is 0 Å². The van der Waals surface area contributed by atoms with Crippen LogP contribution in [0.3, 0.4) is 0 Å². The van der Waals surface area contributed by atoms with Crippen molar-refractivity contribution in [2.45, 2.75) is 13.3 Å². The fraction of sp³-hybridized carbons (Fsp3) is 0.308. The highest BCUT2D eigenvalue weighted by molar-refractivity contribution is 6.17. The molecule has 2 N–H and O–H groups in total. The Bertz CT molecular complexity index is 416. The third-order valence-corrected chi connectivity index (χ3v) is 2.39. The SMILES string of the molecule is CCOC(=O)c1ccc(N)c(C=CCCCl)c1. The summed E-state index contributed by atoms with van der Waals surface area (Å²) in [6.07, 6.45) is 4.55. The lowest BCUT2D eigenvalue weighted by atomic mass is 10.1. The minimum Gasteiger partial charge on any atom is -0.462 e. The Morgan fingerprint density at radius 1 is 1.53 bits per heavy atom. The van der Waals surface area contributed by atoms with E-state index in [0.29, 0.717) is 23.7 Å². The zero-order valence-electron chi connectivity index (χ0n) is 9.78. The van der Waals surface area contributed by atoms with Crippen molar-refractivity contribution in [3.05, 3.63) is 35.4 Å². The van der Waals surface area contributed by atoms with Crippen LogP contribution in [0.15, 0.2) is 24.3 Å². The second-order valence-corrected chi connectivity index (χ2v) is 3.82. The van der Waals surface area contributed by atoms with Gasteiger partial charge >= 0.3 is 5.97 Å². The number of alkyl halides is 1. The average Bonchev–Trinajstić information content (AvgIpc) is 2.32. The summed E-state index contributed by atoms with van der Waals surface area (Å²) in [6.45, 7) is 2.14. The molecule has 0 aliphatic rings. The lowest BCUT2D eigenvalue weighted by Gasteiger charge is -2.05. The van der Waals surface area contributed by atoms with E-state index < -0.39 is 0 Å². The second kappa shape index (κ2) is 6.97. The standard InChI is InChI=1S/C13H16ClNO2/c1-2-17-13(16)11-6-7-12(15)10(9-11)5-3-4-8-14/h3,5-7,9H,2,4,8,15H2,1H3. The van der Waals surface area contributed by atoms with E-state index in [9.17, 15) is 4.79 Å². The molecule has 0 heterocycles. The third kappa shape index (κ3) is 4.11. The van der Waals surface area contributed by atoms with Crippen LogP contribution in [-0.2, 0) is 4.74 Å². The highest BCUT2D eigenvalue weighted by Gasteiger charge is 2.07. The predicted octanol–water partition coefficient (Wildman–Crippen LogP) is 3.09. The molecule has 0 spiro atoms. The van der Waals surface area contributed by atoms with Gasteiger partial charge in [0.25, 0.3) is 0 Å². The molecule has 0 aliphatic heterocycles. The smallest absolute Gasteiger partial charge is 0.338 e. The van der Waals surface area contributed by atoms with Gasteiger partial charge in [0.05, 0.1) is 12.2 Å². The largest absolute Gasteiger partial charge is 0.462 e. The number of anilines is 1. The number of nitrogens with two attached hydrogens (primary N) is 1. The highest BCUT2D eigenvalue weighted by atomic mass is 35.5. The van der Waals surface area contributed by atoms with Gasteiger partial charge in [0.1, 0.15) is 0 Å². The van der Waals surface area contributed by atoms with Crippen molar-refractivity contribution in [3.63, 3.8) is 0 Å². The molecule has 0 bridgehead atoms. The van der Waals surface area contributed by atoms with Crippen molar-refractivity contribution in [2.24, 2.45) is 0 Å². The number of benzene rings is 1. The van der Waals surface area contributed by atoms with Gasteiger partial charge in [-0.15, -0.1) is 11.6 Å². The summed E-state index contributed by atoms with van der Waals surface area (Å²) in [5, 5.41) is 0. The molecule has 0 aliphatic carbocycles. The van der Waals surface area contributed by atoms with Gasteiger partial charge < -0.3 is 10.5 Å². The van der Waals surface area contributed by atoms with Crippen LogP contribution in [0.5, 0.6) is 0 Å². The third-order valence-electron chi connectivity index (χ3n) is 2.17. The molecule has 0 fully saturated rings. The minimum atomic E-state index is -0.334. The van der Waals surface area contributed by atoms with Crippen molar-refractivity contribution < 1.29 is 9.53 Å². The molecule has 0 unspecified atom stereocenters. The summed E-state index contributed by atoms with van der Waals surface area (Å²) in [5.74, 6) is 0.230. The number of halogens is 1. The van der Waals surface area contributed by atoms with Gasteiger partial charge in [-0.1, -0.05) is 12.2 Å². The number of nitrogen functional groups attached to an aromatic ring is 1. The van der Waals surface area contributed by atoms with E-state index in [1.807, 2.05) is 12.2 Å². The van der Waals surface area contributed by atoms with Gasteiger partial charge in [0.2, 0.25) is 0 Å². The molecule has 0 amide bonds. The normalized spacial score (nSPS) is 10.7. The monoisotopic (exact) mass is 253 g/mol. The van der Waals surface area contributed by atoms with Gasteiger partial charge in [-0.25, -0.2) is 4.79 Å². The van der Waals surface area contributed by atoms with E-state index in [0.717, 1.165) is 12.0 Å². The van der Waals surface area contributed by atoms with Crippen LogP contribution in [0, 0.1) is 0 Å². The molecule has 0 radical (unpaired) electrons. The van der Waals surface area contributed by atoms with Gasteiger partial charge in [-0.05, 0) is 37.1 Å². The molecule has 0 saturated heterocycles. The van der Waals surface area contributed by atoms with Crippen LogP contribution in [0.1, 0.15) is 29.3 Å².